The van der Waals surface area contributed by atoms with Crippen LogP contribution in [0.3, 0.4) is 0 Å². The molecule has 26 heavy (non-hydrogen) atoms. The Labute approximate surface area is 155 Å². The standard InChI is InChI=1S/C18H29N3O4S/c1-13-17(20-12-25-13)18(22)19-10-15-7-4-8-16(9-15)21-26(23,24)11-14-5-2-3-6-14/h12,14-16,21H,2-11H2,1H3,(H,19,22)/t15-,16+/m1/s1. The Bertz CT molecular complexity index is 710. The molecule has 0 saturated heterocycles. The molecule has 2 aliphatic rings. The summed E-state index contributed by atoms with van der Waals surface area (Å²) in [4.78, 5) is 16.0. The molecule has 3 rings (SSSR count). The number of carbonyl (C=O) groups excluding carboxylic acids is 1. The third-order valence-electron chi connectivity index (χ3n) is 5.57. The highest BCUT2D eigenvalue weighted by atomic mass is 32.2. The second-order valence-corrected chi connectivity index (χ2v) is 9.55. The Hall–Kier alpha value is -1.41. The molecule has 1 aromatic rings. The van der Waals surface area contributed by atoms with Crippen LogP contribution in [-0.4, -0.2) is 37.6 Å². The van der Waals surface area contributed by atoms with Crippen LogP contribution >= 0.6 is 0 Å². The van der Waals surface area contributed by atoms with E-state index in [9.17, 15) is 13.2 Å². The van der Waals surface area contributed by atoms with Gasteiger partial charge < -0.3 is 9.73 Å². The van der Waals surface area contributed by atoms with Crippen molar-refractivity contribution in [2.24, 2.45) is 11.8 Å². The van der Waals surface area contributed by atoms with Crippen molar-refractivity contribution < 1.29 is 17.6 Å². The van der Waals surface area contributed by atoms with Crippen molar-refractivity contribution in [3.05, 3.63) is 17.8 Å². The maximum absolute atomic E-state index is 12.4. The van der Waals surface area contributed by atoms with Gasteiger partial charge in [-0.1, -0.05) is 19.3 Å². The van der Waals surface area contributed by atoms with Crippen LogP contribution in [0.1, 0.15) is 67.6 Å². The Morgan fingerprint density at radius 3 is 2.62 bits per heavy atom. The van der Waals surface area contributed by atoms with Crippen molar-refractivity contribution in [1.82, 2.24) is 15.0 Å². The van der Waals surface area contributed by atoms with Crippen molar-refractivity contribution in [3.63, 3.8) is 0 Å². The summed E-state index contributed by atoms with van der Waals surface area (Å²) >= 11 is 0. The highest BCUT2D eigenvalue weighted by Crippen LogP contribution is 2.27. The van der Waals surface area contributed by atoms with Gasteiger partial charge >= 0.3 is 0 Å². The Morgan fingerprint density at radius 2 is 1.92 bits per heavy atom. The summed E-state index contributed by atoms with van der Waals surface area (Å²) in [7, 11) is -3.22. The topological polar surface area (TPSA) is 101 Å². The van der Waals surface area contributed by atoms with Gasteiger partial charge in [-0.15, -0.1) is 0 Å². The summed E-state index contributed by atoms with van der Waals surface area (Å²) in [5, 5.41) is 2.90. The summed E-state index contributed by atoms with van der Waals surface area (Å²) in [6, 6.07) is -0.0224. The fourth-order valence-corrected chi connectivity index (χ4v) is 5.99. The number of amides is 1. The average Bonchev–Trinajstić information content (AvgIpc) is 3.23. The zero-order valence-corrected chi connectivity index (χ0v) is 16.2. The first kappa shape index (κ1) is 19.4. The number of hydrogen-bond acceptors (Lipinski definition) is 5. The fourth-order valence-electron chi connectivity index (χ4n) is 4.22. The number of nitrogens with one attached hydrogen (secondary N) is 2. The molecule has 1 aromatic heterocycles. The van der Waals surface area contributed by atoms with Crippen molar-refractivity contribution in [3.8, 4) is 0 Å². The maximum atomic E-state index is 12.4. The SMILES string of the molecule is Cc1ocnc1C(=O)NC[C@@H]1CCC[C@H](NS(=O)(=O)CC2CCCC2)C1. The fraction of sp³-hybridized carbons (Fsp3) is 0.778. The van der Waals surface area contributed by atoms with Crippen molar-refractivity contribution in [2.75, 3.05) is 12.3 Å². The molecule has 0 aliphatic heterocycles. The molecule has 2 saturated carbocycles. The smallest absolute Gasteiger partial charge is 0.273 e. The molecule has 0 aromatic carbocycles. The number of hydrogen-bond donors (Lipinski definition) is 2. The quantitative estimate of drug-likeness (QED) is 0.753. The lowest BCUT2D eigenvalue weighted by Gasteiger charge is -2.30. The van der Waals surface area contributed by atoms with Crippen LogP contribution in [0.25, 0.3) is 0 Å². The minimum absolute atomic E-state index is 0.0224. The summed E-state index contributed by atoms with van der Waals surface area (Å²) < 4.78 is 32.8. The van der Waals surface area contributed by atoms with Gasteiger partial charge in [0.2, 0.25) is 10.0 Å². The minimum Gasteiger partial charge on any atom is -0.448 e. The van der Waals surface area contributed by atoms with Gasteiger partial charge in [-0.25, -0.2) is 18.1 Å². The monoisotopic (exact) mass is 383 g/mol. The predicted octanol–water partition coefficient (Wildman–Crippen LogP) is 2.38. The van der Waals surface area contributed by atoms with E-state index in [0.717, 1.165) is 51.4 Å². The van der Waals surface area contributed by atoms with Crippen molar-refractivity contribution >= 4 is 15.9 Å². The molecule has 0 radical (unpaired) electrons. The van der Waals surface area contributed by atoms with Crippen molar-refractivity contribution in [2.45, 2.75) is 64.3 Å². The van der Waals surface area contributed by atoms with E-state index in [2.05, 4.69) is 15.0 Å². The highest BCUT2D eigenvalue weighted by molar-refractivity contribution is 7.89. The molecule has 0 bridgehead atoms. The summed E-state index contributed by atoms with van der Waals surface area (Å²) in [6.45, 7) is 2.24. The summed E-state index contributed by atoms with van der Waals surface area (Å²) in [5.74, 6) is 1.12. The van der Waals surface area contributed by atoms with Crippen LogP contribution in [0.15, 0.2) is 10.8 Å². The van der Waals surface area contributed by atoms with Crippen LogP contribution in [0.4, 0.5) is 0 Å². The predicted molar refractivity (Wildman–Crippen MR) is 98.2 cm³/mol. The zero-order valence-electron chi connectivity index (χ0n) is 15.4. The van der Waals surface area contributed by atoms with Gasteiger partial charge in [0.1, 0.15) is 5.76 Å². The first-order chi connectivity index (χ1) is 12.4. The third kappa shape index (κ3) is 5.30. The van der Waals surface area contributed by atoms with Gasteiger partial charge in [-0.2, -0.15) is 0 Å². The van der Waals surface area contributed by atoms with E-state index in [4.69, 9.17) is 4.42 Å². The van der Waals surface area contributed by atoms with Crippen LogP contribution in [0.5, 0.6) is 0 Å². The lowest BCUT2D eigenvalue weighted by Crippen LogP contribution is -2.42. The molecule has 0 spiro atoms. The van der Waals surface area contributed by atoms with Crippen molar-refractivity contribution in [1.29, 1.82) is 0 Å². The largest absolute Gasteiger partial charge is 0.448 e. The molecular weight excluding hydrogens is 354 g/mol. The number of nitrogens with zero attached hydrogens (tertiary/aromatic N) is 1. The summed E-state index contributed by atoms with van der Waals surface area (Å²) in [5.41, 5.74) is 0.314. The molecule has 1 amide bonds. The van der Waals surface area contributed by atoms with E-state index in [1.165, 1.54) is 6.39 Å². The van der Waals surface area contributed by atoms with E-state index in [0.29, 0.717) is 23.9 Å². The molecule has 8 heteroatoms. The van der Waals surface area contributed by atoms with Crippen LogP contribution < -0.4 is 10.0 Å². The molecule has 7 nitrogen and oxygen atoms in total. The highest BCUT2D eigenvalue weighted by Gasteiger charge is 2.28. The molecular formula is C18H29N3O4S. The first-order valence-electron chi connectivity index (χ1n) is 9.61. The van der Waals surface area contributed by atoms with Crippen LogP contribution in [0.2, 0.25) is 0 Å². The van der Waals surface area contributed by atoms with Gasteiger partial charge in [-0.3, -0.25) is 4.79 Å². The van der Waals surface area contributed by atoms with Gasteiger partial charge in [0.05, 0.1) is 5.75 Å². The Kier molecular flexibility index (Phi) is 6.34. The number of aryl methyl sites for hydroxylation is 1. The molecule has 1 heterocycles. The molecule has 2 fully saturated rings. The molecule has 146 valence electrons. The lowest BCUT2D eigenvalue weighted by atomic mass is 9.86. The number of sulfonamides is 1. The Balaban J connectivity index is 1.46. The second-order valence-electron chi connectivity index (χ2n) is 7.75. The van der Waals surface area contributed by atoms with Crippen LogP contribution in [0, 0.1) is 18.8 Å². The molecule has 2 N–H and O–H groups in total. The summed E-state index contributed by atoms with van der Waals surface area (Å²) in [6.07, 6.45) is 9.23. The van der Waals surface area contributed by atoms with Gasteiger partial charge in [0.25, 0.3) is 5.91 Å². The van der Waals surface area contributed by atoms with Gasteiger partial charge in [0, 0.05) is 12.6 Å². The van der Waals surface area contributed by atoms with E-state index in [-0.39, 0.29) is 23.6 Å². The molecule has 0 unspecified atom stereocenters. The van der Waals surface area contributed by atoms with E-state index < -0.39 is 10.0 Å². The number of rotatable bonds is 7. The van der Waals surface area contributed by atoms with Crippen LogP contribution in [-0.2, 0) is 10.0 Å². The zero-order chi connectivity index (χ0) is 18.6. The van der Waals surface area contributed by atoms with E-state index in [1.807, 2.05) is 0 Å². The number of oxazole rings is 1. The first-order valence-corrected chi connectivity index (χ1v) is 11.3. The minimum atomic E-state index is -3.22. The number of carbonyl (C=O) groups is 1. The molecule has 2 atom stereocenters. The van der Waals surface area contributed by atoms with E-state index >= 15 is 0 Å². The van der Waals surface area contributed by atoms with Gasteiger partial charge in [0.15, 0.2) is 12.1 Å². The maximum Gasteiger partial charge on any atom is 0.273 e. The number of aromatic nitrogens is 1. The Morgan fingerprint density at radius 1 is 1.19 bits per heavy atom. The second kappa shape index (κ2) is 8.52. The third-order valence-corrected chi connectivity index (χ3v) is 7.17. The molecule has 2 aliphatic carbocycles. The average molecular weight is 384 g/mol. The van der Waals surface area contributed by atoms with E-state index in [1.54, 1.807) is 6.92 Å². The van der Waals surface area contributed by atoms with Gasteiger partial charge in [-0.05, 0) is 50.9 Å². The lowest BCUT2D eigenvalue weighted by molar-refractivity contribution is 0.0936. The normalized spacial score (nSPS) is 24.7.